The van der Waals surface area contributed by atoms with Crippen LogP contribution in [0.2, 0.25) is 0 Å². The van der Waals surface area contributed by atoms with Gasteiger partial charge in [0.15, 0.2) is 11.9 Å². The molecule has 2 aromatic carbocycles. The number of hydrogen-bond acceptors (Lipinski definition) is 14. The van der Waals surface area contributed by atoms with Gasteiger partial charge < -0.3 is 38.4 Å². The Hall–Kier alpha value is -5.33. The number of allylic oxidation sites excluding steroid dienone is 2. The zero-order valence-electron chi connectivity index (χ0n) is 31.8. The van der Waals surface area contributed by atoms with E-state index in [1.54, 1.807) is 25.2 Å². The number of nitrogens with zero attached hydrogens (tertiary/aromatic N) is 5. The Balaban J connectivity index is 1.20. The van der Waals surface area contributed by atoms with Gasteiger partial charge in [-0.25, -0.2) is 37.0 Å². The molecule has 2 atom stereocenters. The number of halogens is 3. The molecule has 2 unspecified atom stereocenters. The molecule has 0 spiro atoms. The Morgan fingerprint density at radius 2 is 1.82 bits per heavy atom. The van der Waals surface area contributed by atoms with Crippen molar-refractivity contribution in [3.05, 3.63) is 114 Å². The molecule has 3 aromatic rings. The summed E-state index contributed by atoms with van der Waals surface area (Å²) >= 11 is 1.20. The van der Waals surface area contributed by atoms with E-state index in [1.165, 1.54) is 52.2 Å². The SMILES string of the molecule is CC(SC1COC(C=CC=Cc2ccc(C#N)cc2F)OC1)C(Cn1cncn1)(OC(=O)OCOC(=O)C=CC(=O)N1CCC(OP(=O)(O)O)CC1)c1ccc(F)cc1F. The number of esters is 1. The molecule has 0 saturated carbocycles. The maximum atomic E-state index is 15.7. The van der Waals surface area contributed by atoms with Crippen LogP contribution in [-0.2, 0) is 54.5 Å². The molecule has 2 fully saturated rings. The van der Waals surface area contributed by atoms with Crippen LogP contribution in [0.25, 0.3) is 6.08 Å². The van der Waals surface area contributed by atoms with Crippen molar-refractivity contribution in [1.82, 2.24) is 19.7 Å². The molecule has 1 amide bonds. The summed E-state index contributed by atoms with van der Waals surface area (Å²) < 4.78 is 88.5. The van der Waals surface area contributed by atoms with Crippen LogP contribution in [0, 0.1) is 28.8 Å². The first-order chi connectivity index (χ1) is 28.6. The Bertz CT molecular complexity index is 2150. The number of hydrogen-bond donors (Lipinski definition) is 2. The number of piperidine rings is 1. The fourth-order valence-electron chi connectivity index (χ4n) is 6.11. The number of likely N-dealkylation sites (tertiary alicyclic amines) is 1. The Labute approximate surface area is 345 Å². The molecule has 60 heavy (non-hydrogen) atoms. The van der Waals surface area contributed by atoms with Crippen LogP contribution in [0.4, 0.5) is 18.0 Å². The molecule has 320 valence electrons. The van der Waals surface area contributed by atoms with Crippen molar-refractivity contribution in [3.8, 4) is 6.07 Å². The molecule has 2 aliphatic rings. The largest absolute Gasteiger partial charge is 0.512 e. The van der Waals surface area contributed by atoms with E-state index in [9.17, 15) is 27.7 Å². The third kappa shape index (κ3) is 13.3. The van der Waals surface area contributed by atoms with Gasteiger partial charge in [0, 0.05) is 47.7 Å². The molecule has 17 nitrogen and oxygen atoms in total. The first-order valence-electron chi connectivity index (χ1n) is 18.1. The molecule has 0 radical (unpaired) electrons. The van der Waals surface area contributed by atoms with Gasteiger partial charge in [-0.2, -0.15) is 10.4 Å². The van der Waals surface area contributed by atoms with Crippen LogP contribution in [0.1, 0.15) is 36.5 Å². The third-order valence-electron chi connectivity index (χ3n) is 9.03. The van der Waals surface area contributed by atoms with E-state index in [2.05, 4.69) is 14.6 Å². The van der Waals surface area contributed by atoms with E-state index in [-0.39, 0.29) is 62.4 Å². The molecule has 1 aromatic heterocycles. The molecule has 3 heterocycles. The van der Waals surface area contributed by atoms with Gasteiger partial charge in [-0.05, 0) is 50.1 Å². The summed E-state index contributed by atoms with van der Waals surface area (Å²) in [5.41, 5.74) is -1.73. The molecule has 2 aliphatic heterocycles. The van der Waals surface area contributed by atoms with E-state index in [4.69, 9.17) is 38.7 Å². The Kier molecular flexibility index (Phi) is 16.2. The minimum absolute atomic E-state index is 0.114. The highest BCUT2D eigenvalue weighted by Gasteiger charge is 2.47. The first-order valence-corrected chi connectivity index (χ1v) is 20.6. The topological polar surface area (TPSA) is 222 Å². The van der Waals surface area contributed by atoms with Crippen LogP contribution in [-0.4, -0.2) is 103 Å². The first kappa shape index (κ1) is 45.7. The number of ether oxygens (including phenoxy) is 5. The highest BCUT2D eigenvalue weighted by Crippen LogP contribution is 2.42. The van der Waals surface area contributed by atoms with Gasteiger partial charge in [0.25, 0.3) is 0 Å². The molecule has 0 bridgehead atoms. The minimum Gasteiger partial charge on any atom is -0.425 e. The number of rotatable bonds is 16. The number of amides is 1. The van der Waals surface area contributed by atoms with Crippen LogP contribution in [0.15, 0.2) is 79.4 Å². The number of phosphoric acid groups is 1. The lowest BCUT2D eigenvalue weighted by Crippen LogP contribution is -2.47. The van der Waals surface area contributed by atoms with E-state index in [0.717, 1.165) is 30.4 Å². The van der Waals surface area contributed by atoms with Crippen molar-refractivity contribution < 1.29 is 70.1 Å². The number of phosphoric ester groups is 1. The van der Waals surface area contributed by atoms with E-state index < -0.39 is 78.6 Å². The van der Waals surface area contributed by atoms with Crippen molar-refractivity contribution in [2.24, 2.45) is 0 Å². The number of carbonyl (C=O) groups excluding carboxylic acids is 3. The second-order valence-corrected chi connectivity index (χ2v) is 16.0. The zero-order chi connectivity index (χ0) is 43.3. The van der Waals surface area contributed by atoms with E-state index >= 15 is 4.39 Å². The van der Waals surface area contributed by atoms with Gasteiger partial charge in [0.2, 0.25) is 12.7 Å². The fourth-order valence-corrected chi connectivity index (χ4v) is 8.07. The predicted molar refractivity (Wildman–Crippen MR) is 204 cm³/mol. The number of aromatic nitrogens is 3. The lowest BCUT2D eigenvalue weighted by molar-refractivity contribution is -0.149. The monoisotopic (exact) mass is 877 g/mol. The normalized spacial score (nSPS) is 19.2. The van der Waals surface area contributed by atoms with Crippen LogP contribution >= 0.6 is 19.6 Å². The van der Waals surface area contributed by atoms with E-state index in [0.29, 0.717) is 6.07 Å². The lowest BCUT2D eigenvalue weighted by Gasteiger charge is -2.40. The van der Waals surface area contributed by atoms with Gasteiger partial charge in [0.05, 0.1) is 42.7 Å². The standard InChI is InChI=1S/C38H39F3N5O12PS/c1-25(60-30-19-53-36(54-20-30)5-3-2-4-27-7-6-26(18-42)16-32(27)40)38(21-46-23-43-22-44-46,31-9-8-28(39)17-33(31)41)57-37(49)56-24-55-35(48)11-10-34(47)45-14-12-29(13-15-45)58-59(50,51)52/h2-11,16-17,22-23,25,29-30,36H,12-15,19-21,24H2,1H3,(H2,50,51,52). The average Bonchev–Trinajstić information content (AvgIpc) is 3.72. The smallest absolute Gasteiger partial charge is 0.425 e. The van der Waals surface area contributed by atoms with Crippen molar-refractivity contribution in [2.45, 2.75) is 54.8 Å². The molecular weight excluding hydrogens is 838 g/mol. The maximum absolute atomic E-state index is 15.7. The molecular formula is C38H39F3N5O12PS. The van der Waals surface area contributed by atoms with Crippen molar-refractivity contribution >= 4 is 43.7 Å². The summed E-state index contributed by atoms with van der Waals surface area (Å²) in [5, 5.41) is 11.8. The summed E-state index contributed by atoms with van der Waals surface area (Å²) in [6.07, 6.45) is 7.92. The maximum Gasteiger partial charge on any atom is 0.512 e. The lowest BCUT2D eigenvalue weighted by atomic mass is 9.89. The highest BCUT2D eigenvalue weighted by atomic mass is 32.2. The molecule has 0 aliphatic carbocycles. The summed E-state index contributed by atoms with van der Waals surface area (Å²) in [6.45, 7) is 0.798. The number of thioether (sulfide) groups is 1. The Morgan fingerprint density at radius 3 is 2.47 bits per heavy atom. The fraction of sp³-hybridized carbons (Fsp3) is 0.368. The van der Waals surface area contributed by atoms with Crippen LogP contribution < -0.4 is 0 Å². The average molecular weight is 878 g/mol. The number of benzene rings is 2. The third-order valence-corrected chi connectivity index (χ3v) is 11.0. The zero-order valence-corrected chi connectivity index (χ0v) is 33.5. The predicted octanol–water partition coefficient (Wildman–Crippen LogP) is 4.91. The number of nitriles is 1. The van der Waals surface area contributed by atoms with Crippen LogP contribution in [0.5, 0.6) is 0 Å². The van der Waals surface area contributed by atoms with Gasteiger partial charge >= 0.3 is 19.9 Å². The van der Waals surface area contributed by atoms with Gasteiger partial charge in [-0.3, -0.25) is 9.32 Å². The van der Waals surface area contributed by atoms with E-state index in [1.807, 2.05) is 6.07 Å². The van der Waals surface area contributed by atoms with Gasteiger partial charge in [-0.15, -0.1) is 11.8 Å². The highest BCUT2D eigenvalue weighted by molar-refractivity contribution is 8.00. The summed E-state index contributed by atoms with van der Waals surface area (Å²) in [5.74, 6) is -4.15. The minimum atomic E-state index is -4.68. The number of carbonyl (C=O) groups is 3. The van der Waals surface area contributed by atoms with Crippen molar-refractivity contribution in [3.63, 3.8) is 0 Å². The van der Waals surface area contributed by atoms with Crippen LogP contribution in [0.3, 0.4) is 0 Å². The molecule has 2 saturated heterocycles. The summed E-state index contributed by atoms with van der Waals surface area (Å²) in [6, 6.07) is 8.71. The van der Waals surface area contributed by atoms with Gasteiger partial charge in [0.1, 0.15) is 30.1 Å². The Morgan fingerprint density at radius 1 is 1.07 bits per heavy atom. The van der Waals surface area contributed by atoms with Crippen molar-refractivity contribution in [2.75, 3.05) is 33.1 Å². The van der Waals surface area contributed by atoms with Crippen molar-refractivity contribution in [1.29, 1.82) is 5.26 Å². The molecule has 22 heteroatoms. The molecule has 5 rings (SSSR count). The quantitative estimate of drug-likeness (QED) is 0.0642. The molecule has 2 N–H and O–H groups in total. The second-order valence-electron chi connectivity index (χ2n) is 13.2. The van der Waals surface area contributed by atoms with Gasteiger partial charge in [-0.1, -0.05) is 24.3 Å². The second kappa shape index (κ2) is 21.3. The summed E-state index contributed by atoms with van der Waals surface area (Å²) in [4.78, 5) is 61.4. The summed E-state index contributed by atoms with van der Waals surface area (Å²) in [7, 11) is -4.68.